The molecule has 3 aromatic rings. The van der Waals surface area contributed by atoms with Gasteiger partial charge in [-0.25, -0.2) is 4.98 Å². The number of amides is 2. The van der Waals surface area contributed by atoms with Crippen molar-refractivity contribution in [2.75, 3.05) is 11.9 Å². The number of anilines is 1. The average molecular weight is 448 g/mol. The minimum absolute atomic E-state index is 0.0185. The smallest absolute Gasteiger partial charge is 0.262 e. The van der Waals surface area contributed by atoms with Crippen LogP contribution in [0.3, 0.4) is 0 Å². The number of oxazole rings is 1. The number of carbonyl (C=O) groups excluding carboxylic acids is 2. The predicted octanol–water partition coefficient (Wildman–Crippen LogP) is 4.68. The first kappa shape index (κ1) is 22.6. The zero-order chi connectivity index (χ0) is 23.4. The van der Waals surface area contributed by atoms with Gasteiger partial charge in [-0.05, 0) is 42.5 Å². The standard InChI is InChI=1S/C26H29N3O4/c1-16(2)12-18-4-6-19(7-5-18)23-14-27-26(33-23)11-10-24(30)28-17(3)20-8-9-22-21(13-20)29-25(31)15-32-22/h4-9,13-14,16-17H,10-12,15H2,1-3H3,(H,28,30)(H,29,31)/t17-/m1/s1. The molecule has 0 unspecified atom stereocenters. The molecule has 172 valence electrons. The summed E-state index contributed by atoms with van der Waals surface area (Å²) in [6.07, 6.45) is 3.43. The van der Waals surface area contributed by atoms with Crippen LogP contribution in [0.5, 0.6) is 5.75 Å². The third-order valence-electron chi connectivity index (χ3n) is 5.52. The number of hydrogen-bond donors (Lipinski definition) is 2. The lowest BCUT2D eigenvalue weighted by atomic mass is 10.0. The van der Waals surface area contributed by atoms with Crippen molar-refractivity contribution in [1.82, 2.24) is 10.3 Å². The highest BCUT2D eigenvalue weighted by molar-refractivity contribution is 5.95. The molecule has 2 N–H and O–H groups in total. The molecule has 2 heterocycles. The molecule has 4 rings (SSSR count). The molecule has 7 heteroatoms. The summed E-state index contributed by atoms with van der Waals surface area (Å²) in [4.78, 5) is 28.3. The third-order valence-corrected chi connectivity index (χ3v) is 5.52. The zero-order valence-corrected chi connectivity index (χ0v) is 19.2. The van der Waals surface area contributed by atoms with Crippen LogP contribution in [-0.2, 0) is 22.4 Å². The highest BCUT2D eigenvalue weighted by atomic mass is 16.5. The molecule has 1 atom stereocenters. The molecule has 0 saturated carbocycles. The van der Waals surface area contributed by atoms with Gasteiger partial charge in [-0.2, -0.15) is 0 Å². The van der Waals surface area contributed by atoms with E-state index in [1.54, 1.807) is 12.3 Å². The molecule has 0 bridgehead atoms. The lowest BCUT2D eigenvalue weighted by Crippen LogP contribution is -2.28. The van der Waals surface area contributed by atoms with Crippen LogP contribution in [0.4, 0.5) is 5.69 Å². The molecule has 1 aromatic heterocycles. The SMILES string of the molecule is CC(C)Cc1ccc(-c2cnc(CCC(=O)N[C@H](C)c3ccc4c(c3)NC(=O)CO4)o2)cc1. The maximum atomic E-state index is 12.5. The first-order valence-corrected chi connectivity index (χ1v) is 11.3. The number of fused-ring (bicyclic) bond motifs is 1. The normalized spacial score (nSPS) is 13.8. The summed E-state index contributed by atoms with van der Waals surface area (Å²) in [6, 6.07) is 13.6. The first-order chi connectivity index (χ1) is 15.9. The minimum Gasteiger partial charge on any atom is -0.482 e. The number of nitrogens with one attached hydrogen (secondary N) is 2. The van der Waals surface area contributed by atoms with E-state index in [1.807, 2.05) is 31.2 Å². The Morgan fingerprint density at radius 2 is 1.94 bits per heavy atom. The summed E-state index contributed by atoms with van der Waals surface area (Å²) >= 11 is 0. The second-order valence-electron chi connectivity index (χ2n) is 8.79. The van der Waals surface area contributed by atoms with E-state index in [0.29, 0.717) is 35.4 Å². The fourth-order valence-electron chi connectivity index (χ4n) is 3.82. The number of benzene rings is 2. The maximum absolute atomic E-state index is 12.5. The molecular weight excluding hydrogens is 418 g/mol. The van der Waals surface area contributed by atoms with E-state index in [0.717, 1.165) is 17.5 Å². The van der Waals surface area contributed by atoms with Crippen molar-refractivity contribution in [1.29, 1.82) is 0 Å². The van der Waals surface area contributed by atoms with Crippen LogP contribution in [-0.4, -0.2) is 23.4 Å². The molecule has 2 aromatic carbocycles. The Kier molecular flexibility index (Phi) is 6.77. The number of aromatic nitrogens is 1. The van der Waals surface area contributed by atoms with Gasteiger partial charge in [0.2, 0.25) is 5.91 Å². The van der Waals surface area contributed by atoms with Crippen molar-refractivity contribution in [2.45, 2.75) is 46.1 Å². The van der Waals surface area contributed by atoms with Gasteiger partial charge in [0.1, 0.15) is 5.75 Å². The van der Waals surface area contributed by atoms with Crippen molar-refractivity contribution >= 4 is 17.5 Å². The fourth-order valence-corrected chi connectivity index (χ4v) is 3.82. The lowest BCUT2D eigenvalue weighted by Gasteiger charge is -2.21. The predicted molar refractivity (Wildman–Crippen MR) is 126 cm³/mol. The molecule has 0 saturated heterocycles. The van der Waals surface area contributed by atoms with Crippen LogP contribution >= 0.6 is 0 Å². The highest BCUT2D eigenvalue weighted by Crippen LogP contribution is 2.30. The van der Waals surface area contributed by atoms with E-state index >= 15 is 0 Å². The summed E-state index contributed by atoms with van der Waals surface area (Å²) in [7, 11) is 0. The molecule has 1 aliphatic rings. The van der Waals surface area contributed by atoms with E-state index in [-0.39, 0.29) is 30.9 Å². The van der Waals surface area contributed by atoms with E-state index in [1.165, 1.54) is 5.56 Å². The van der Waals surface area contributed by atoms with E-state index in [9.17, 15) is 9.59 Å². The monoisotopic (exact) mass is 447 g/mol. The molecule has 7 nitrogen and oxygen atoms in total. The largest absolute Gasteiger partial charge is 0.482 e. The van der Waals surface area contributed by atoms with Gasteiger partial charge in [-0.15, -0.1) is 0 Å². The van der Waals surface area contributed by atoms with Gasteiger partial charge in [0.25, 0.3) is 5.91 Å². The van der Waals surface area contributed by atoms with Crippen LogP contribution in [0, 0.1) is 5.92 Å². The van der Waals surface area contributed by atoms with Crippen LogP contribution in [0.25, 0.3) is 11.3 Å². The topological polar surface area (TPSA) is 93.5 Å². The number of nitrogens with zero attached hydrogens (tertiary/aromatic N) is 1. The Morgan fingerprint density at radius 3 is 2.70 bits per heavy atom. The number of carbonyl (C=O) groups is 2. The van der Waals surface area contributed by atoms with Gasteiger partial charge >= 0.3 is 0 Å². The molecule has 1 aliphatic heterocycles. The third kappa shape index (κ3) is 5.80. The van der Waals surface area contributed by atoms with Gasteiger partial charge in [-0.3, -0.25) is 9.59 Å². The molecule has 33 heavy (non-hydrogen) atoms. The van der Waals surface area contributed by atoms with Crippen molar-refractivity contribution in [3.05, 3.63) is 65.7 Å². The second kappa shape index (κ2) is 9.90. The quantitative estimate of drug-likeness (QED) is 0.523. The highest BCUT2D eigenvalue weighted by Gasteiger charge is 2.18. The van der Waals surface area contributed by atoms with Crippen LogP contribution in [0.2, 0.25) is 0 Å². The Balaban J connectivity index is 1.30. The maximum Gasteiger partial charge on any atom is 0.262 e. The molecule has 2 amide bonds. The average Bonchev–Trinajstić information content (AvgIpc) is 3.26. The van der Waals surface area contributed by atoms with Crippen LogP contribution in [0.15, 0.2) is 53.1 Å². The number of aryl methyl sites for hydroxylation is 1. The van der Waals surface area contributed by atoms with Gasteiger partial charge in [0.05, 0.1) is 17.9 Å². The summed E-state index contributed by atoms with van der Waals surface area (Å²) in [5, 5.41) is 5.77. The zero-order valence-electron chi connectivity index (χ0n) is 19.2. The number of ether oxygens (including phenoxy) is 1. The van der Waals surface area contributed by atoms with Gasteiger partial charge in [-0.1, -0.05) is 44.2 Å². The van der Waals surface area contributed by atoms with Gasteiger partial charge in [0, 0.05) is 18.4 Å². The summed E-state index contributed by atoms with van der Waals surface area (Å²) < 4.78 is 11.2. The Hall–Kier alpha value is -3.61. The lowest BCUT2D eigenvalue weighted by molar-refractivity contribution is -0.122. The van der Waals surface area contributed by atoms with Crippen LogP contribution < -0.4 is 15.4 Å². The summed E-state index contributed by atoms with van der Waals surface area (Å²) in [5.41, 5.74) is 3.78. The molecule has 0 fully saturated rings. The Labute approximate surface area is 193 Å². The fraction of sp³-hybridized carbons (Fsp3) is 0.346. The van der Waals surface area contributed by atoms with E-state index < -0.39 is 0 Å². The van der Waals surface area contributed by atoms with Crippen molar-refractivity contribution < 1.29 is 18.7 Å². The first-order valence-electron chi connectivity index (χ1n) is 11.3. The minimum atomic E-state index is -0.217. The molecular formula is C26H29N3O4. The summed E-state index contributed by atoms with van der Waals surface area (Å²) in [6.45, 7) is 6.32. The van der Waals surface area contributed by atoms with E-state index in [4.69, 9.17) is 9.15 Å². The van der Waals surface area contributed by atoms with Gasteiger partial charge < -0.3 is 19.8 Å². The molecule has 0 radical (unpaired) electrons. The number of hydrogen-bond acceptors (Lipinski definition) is 5. The molecule has 0 spiro atoms. The second-order valence-corrected chi connectivity index (χ2v) is 8.79. The van der Waals surface area contributed by atoms with Crippen molar-refractivity contribution in [2.24, 2.45) is 5.92 Å². The Bertz CT molecular complexity index is 1130. The van der Waals surface area contributed by atoms with Crippen LogP contribution in [0.1, 0.15) is 50.3 Å². The van der Waals surface area contributed by atoms with Crippen molar-refractivity contribution in [3.63, 3.8) is 0 Å². The Morgan fingerprint density at radius 1 is 1.15 bits per heavy atom. The number of rotatable bonds is 8. The van der Waals surface area contributed by atoms with E-state index in [2.05, 4.69) is 41.6 Å². The van der Waals surface area contributed by atoms with Crippen molar-refractivity contribution in [3.8, 4) is 17.1 Å². The van der Waals surface area contributed by atoms with Gasteiger partial charge in [0.15, 0.2) is 18.3 Å². The summed E-state index contributed by atoms with van der Waals surface area (Å²) in [5.74, 6) is 2.20. The molecule has 0 aliphatic carbocycles.